The maximum atomic E-state index is 12.4. The average molecular weight is 344 g/mol. The molecule has 7 nitrogen and oxygen atoms in total. The molecule has 2 saturated heterocycles. The summed E-state index contributed by atoms with van der Waals surface area (Å²) in [4.78, 5) is 39.9. The van der Waals surface area contributed by atoms with Crippen LogP contribution >= 0.6 is 0 Å². The normalized spacial score (nSPS) is 19.9. The summed E-state index contributed by atoms with van der Waals surface area (Å²) in [5, 5.41) is 2.98. The van der Waals surface area contributed by atoms with Crippen LogP contribution in [-0.4, -0.2) is 60.2 Å². The molecule has 1 aromatic rings. The van der Waals surface area contributed by atoms with Crippen LogP contribution in [0.4, 0.5) is 5.69 Å². The largest absolute Gasteiger partial charge is 0.376 e. The van der Waals surface area contributed by atoms with E-state index in [2.05, 4.69) is 5.32 Å². The Morgan fingerprint density at radius 1 is 1.08 bits per heavy atom. The first-order valence-electron chi connectivity index (χ1n) is 8.75. The van der Waals surface area contributed by atoms with Gasteiger partial charge in [-0.05, 0) is 31.4 Å². The number of carbonyl (C=O) groups is 3. The van der Waals surface area contributed by atoms with Gasteiger partial charge in [0, 0.05) is 31.9 Å². The Labute approximate surface area is 147 Å². The fourth-order valence-electron chi connectivity index (χ4n) is 3.52. The van der Waals surface area contributed by atoms with Crippen LogP contribution in [0.1, 0.15) is 29.6 Å². The number of nitrogens with one attached hydrogen (secondary N) is 1. The molecule has 3 amide bonds. The van der Waals surface area contributed by atoms with Gasteiger partial charge in [0.1, 0.15) is 0 Å². The lowest BCUT2D eigenvalue weighted by atomic mass is 10.1. The molecule has 7 heteroatoms. The predicted molar refractivity (Wildman–Crippen MR) is 94.0 cm³/mol. The molecule has 0 aliphatic carbocycles. The number of anilines is 1. The van der Waals surface area contributed by atoms with E-state index < -0.39 is 5.91 Å². The molecule has 1 atom stereocenters. The lowest BCUT2D eigenvalue weighted by Gasteiger charge is -2.21. The van der Waals surface area contributed by atoms with Crippen LogP contribution in [0.25, 0.3) is 0 Å². The molecule has 2 heterocycles. The number of carbonyl (C=O) groups excluding carboxylic acids is 3. The lowest BCUT2D eigenvalue weighted by molar-refractivity contribution is -0.134. The van der Waals surface area contributed by atoms with E-state index in [1.165, 1.54) is 0 Å². The van der Waals surface area contributed by atoms with Crippen molar-refractivity contribution in [3.63, 3.8) is 0 Å². The fraction of sp³-hybridized carbons (Fsp3) is 0.500. The van der Waals surface area contributed by atoms with Crippen LogP contribution < -0.4 is 11.1 Å². The number of amides is 3. The second-order valence-corrected chi connectivity index (χ2v) is 6.62. The standard InChI is InChI=1S/C18H24N4O3/c19-17(24)14-5-1-2-6-15(14)20-11-16(23)22-10-7-13(12-22)18(25)21-8-3-4-9-21/h1-2,5-6,13,20H,3-4,7-12H2,(H2,19,24). The molecule has 2 aliphatic heterocycles. The van der Waals surface area contributed by atoms with Gasteiger partial charge in [-0.1, -0.05) is 12.1 Å². The second kappa shape index (κ2) is 7.55. The third kappa shape index (κ3) is 3.92. The number of primary amides is 1. The highest BCUT2D eigenvalue weighted by Gasteiger charge is 2.34. The van der Waals surface area contributed by atoms with E-state index in [0.717, 1.165) is 32.4 Å². The SMILES string of the molecule is NC(=O)c1ccccc1NCC(=O)N1CCC(C(=O)N2CCCC2)C1. The van der Waals surface area contributed by atoms with Crippen molar-refractivity contribution in [3.8, 4) is 0 Å². The lowest BCUT2D eigenvalue weighted by Crippen LogP contribution is -2.38. The van der Waals surface area contributed by atoms with Crippen LogP contribution in [0.3, 0.4) is 0 Å². The summed E-state index contributed by atoms with van der Waals surface area (Å²) in [6.07, 6.45) is 2.87. The Hall–Kier alpha value is -2.57. The number of hydrogen-bond donors (Lipinski definition) is 2. The minimum atomic E-state index is -0.534. The molecule has 2 aliphatic rings. The molecule has 3 N–H and O–H groups in total. The topological polar surface area (TPSA) is 95.7 Å². The van der Waals surface area contributed by atoms with Crippen LogP contribution in [-0.2, 0) is 9.59 Å². The second-order valence-electron chi connectivity index (χ2n) is 6.62. The van der Waals surface area contributed by atoms with E-state index in [4.69, 9.17) is 5.73 Å². The van der Waals surface area contributed by atoms with Crippen LogP contribution in [0.2, 0.25) is 0 Å². The quantitative estimate of drug-likeness (QED) is 0.820. The van der Waals surface area contributed by atoms with Crippen molar-refractivity contribution in [3.05, 3.63) is 29.8 Å². The van der Waals surface area contributed by atoms with Gasteiger partial charge in [-0.2, -0.15) is 0 Å². The number of benzene rings is 1. The van der Waals surface area contributed by atoms with E-state index in [-0.39, 0.29) is 24.3 Å². The number of para-hydroxylation sites is 1. The van der Waals surface area contributed by atoms with Crippen molar-refractivity contribution < 1.29 is 14.4 Å². The molecule has 25 heavy (non-hydrogen) atoms. The van der Waals surface area contributed by atoms with Crippen molar-refractivity contribution in [1.82, 2.24) is 9.80 Å². The molecule has 134 valence electrons. The zero-order valence-corrected chi connectivity index (χ0v) is 14.2. The maximum absolute atomic E-state index is 12.4. The van der Waals surface area contributed by atoms with E-state index >= 15 is 0 Å². The number of rotatable bonds is 5. The molecular weight excluding hydrogens is 320 g/mol. The zero-order chi connectivity index (χ0) is 17.8. The van der Waals surface area contributed by atoms with E-state index in [0.29, 0.717) is 24.3 Å². The molecule has 0 aromatic heterocycles. The van der Waals surface area contributed by atoms with E-state index in [9.17, 15) is 14.4 Å². The monoisotopic (exact) mass is 344 g/mol. The molecule has 2 fully saturated rings. The van der Waals surface area contributed by atoms with Gasteiger partial charge in [0.05, 0.1) is 18.0 Å². The molecule has 0 saturated carbocycles. The summed E-state index contributed by atoms with van der Waals surface area (Å²) in [7, 11) is 0. The van der Waals surface area contributed by atoms with Gasteiger partial charge in [0.15, 0.2) is 0 Å². The Kier molecular flexibility index (Phi) is 5.21. The van der Waals surface area contributed by atoms with Crippen LogP contribution in [0.15, 0.2) is 24.3 Å². The first kappa shape index (κ1) is 17.3. The minimum Gasteiger partial charge on any atom is -0.376 e. The Balaban J connectivity index is 1.53. The zero-order valence-electron chi connectivity index (χ0n) is 14.2. The van der Waals surface area contributed by atoms with E-state index in [1.807, 2.05) is 4.90 Å². The first-order valence-corrected chi connectivity index (χ1v) is 8.75. The number of nitrogens with two attached hydrogens (primary N) is 1. The summed E-state index contributed by atoms with van der Waals surface area (Å²) in [6, 6.07) is 6.84. The Bertz CT molecular complexity index is 670. The summed E-state index contributed by atoms with van der Waals surface area (Å²) in [5.41, 5.74) is 6.25. The minimum absolute atomic E-state index is 0.0732. The van der Waals surface area contributed by atoms with Crippen LogP contribution in [0.5, 0.6) is 0 Å². The Morgan fingerprint density at radius 2 is 1.80 bits per heavy atom. The predicted octanol–water partition coefficient (Wildman–Crippen LogP) is 0.668. The van der Waals surface area contributed by atoms with Crippen molar-refractivity contribution in [2.75, 3.05) is 38.0 Å². The van der Waals surface area contributed by atoms with Crippen molar-refractivity contribution in [2.45, 2.75) is 19.3 Å². The smallest absolute Gasteiger partial charge is 0.250 e. The third-order valence-corrected chi connectivity index (χ3v) is 4.93. The van der Waals surface area contributed by atoms with Gasteiger partial charge in [0.25, 0.3) is 5.91 Å². The highest BCUT2D eigenvalue weighted by molar-refractivity contribution is 5.99. The molecule has 0 radical (unpaired) electrons. The molecule has 0 bridgehead atoms. The van der Waals surface area contributed by atoms with E-state index in [1.54, 1.807) is 29.2 Å². The molecule has 1 aromatic carbocycles. The summed E-state index contributed by atoms with van der Waals surface area (Å²) in [6.45, 7) is 2.84. The van der Waals surface area contributed by atoms with Crippen molar-refractivity contribution >= 4 is 23.4 Å². The van der Waals surface area contributed by atoms with Gasteiger partial charge in [-0.3, -0.25) is 14.4 Å². The summed E-state index contributed by atoms with van der Waals surface area (Å²) < 4.78 is 0. The van der Waals surface area contributed by atoms with Gasteiger partial charge in [-0.15, -0.1) is 0 Å². The van der Waals surface area contributed by atoms with Gasteiger partial charge < -0.3 is 20.9 Å². The average Bonchev–Trinajstić information content (AvgIpc) is 3.30. The van der Waals surface area contributed by atoms with Gasteiger partial charge >= 0.3 is 0 Å². The highest BCUT2D eigenvalue weighted by Crippen LogP contribution is 2.21. The Morgan fingerprint density at radius 3 is 2.52 bits per heavy atom. The fourth-order valence-corrected chi connectivity index (χ4v) is 3.52. The van der Waals surface area contributed by atoms with Gasteiger partial charge in [-0.25, -0.2) is 0 Å². The molecule has 0 spiro atoms. The first-order chi connectivity index (χ1) is 12.1. The van der Waals surface area contributed by atoms with Crippen molar-refractivity contribution in [1.29, 1.82) is 0 Å². The number of hydrogen-bond acceptors (Lipinski definition) is 4. The summed E-state index contributed by atoms with van der Waals surface area (Å²) >= 11 is 0. The molecule has 3 rings (SSSR count). The summed E-state index contributed by atoms with van der Waals surface area (Å²) in [5.74, 6) is -0.510. The maximum Gasteiger partial charge on any atom is 0.250 e. The van der Waals surface area contributed by atoms with Crippen molar-refractivity contribution in [2.24, 2.45) is 11.7 Å². The van der Waals surface area contributed by atoms with Gasteiger partial charge in [0.2, 0.25) is 11.8 Å². The van der Waals surface area contributed by atoms with Crippen LogP contribution in [0, 0.1) is 5.92 Å². The number of likely N-dealkylation sites (tertiary alicyclic amines) is 2. The molecular formula is C18H24N4O3. The third-order valence-electron chi connectivity index (χ3n) is 4.93. The number of nitrogens with zero attached hydrogens (tertiary/aromatic N) is 2. The highest BCUT2D eigenvalue weighted by atomic mass is 16.2. The molecule has 1 unspecified atom stereocenters.